The third-order valence-electron chi connectivity index (χ3n) is 5.05. The van der Waals surface area contributed by atoms with Crippen LogP contribution in [0.4, 0.5) is 5.69 Å². The van der Waals surface area contributed by atoms with Gasteiger partial charge in [0.05, 0.1) is 17.2 Å². The van der Waals surface area contributed by atoms with Gasteiger partial charge in [-0.05, 0) is 74.7 Å². The van der Waals surface area contributed by atoms with Gasteiger partial charge in [-0.2, -0.15) is 0 Å². The molecule has 0 fully saturated rings. The highest BCUT2D eigenvalue weighted by atomic mass is 32.2. The third kappa shape index (κ3) is 5.68. The fraction of sp³-hybridized carbons (Fsp3) is 0.240. The van der Waals surface area contributed by atoms with Crippen molar-refractivity contribution in [3.63, 3.8) is 0 Å². The number of sulfonamides is 1. The molecule has 0 bridgehead atoms. The lowest BCUT2D eigenvalue weighted by Crippen LogP contribution is -2.23. The Kier molecular flexibility index (Phi) is 7.20. The van der Waals surface area contributed by atoms with Gasteiger partial charge in [0, 0.05) is 12.1 Å². The fourth-order valence-corrected chi connectivity index (χ4v) is 4.72. The zero-order chi connectivity index (χ0) is 23.3. The van der Waals surface area contributed by atoms with Crippen LogP contribution in [0.5, 0.6) is 5.75 Å². The van der Waals surface area contributed by atoms with E-state index in [1.165, 1.54) is 6.07 Å². The van der Waals surface area contributed by atoms with Gasteiger partial charge in [0.15, 0.2) is 0 Å². The minimum absolute atomic E-state index is 0.0752. The van der Waals surface area contributed by atoms with E-state index in [9.17, 15) is 13.2 Å². The van der Waals surface area contributed by atoms with Gasteiger partial charge < -0.3 is 10.1 Å². The molecule has 3 rings (SSSR count). The van der Waals surface area contributed by atoms with Crippen molar-refractivity contribution in [2.24, 2.45) is 0 Å². The number of hydrogen-bond donors (Lipinski definition) is 2. The molecule has 0 radical (unpaired) electrons. The van der Waals surface area contributed by atoms with Gasteiger partial charge in [-0.25, -0.2) is 8.42 Å². The Bertz CT molecular complexity index is 1220. The van der Waals surface area contributed by atoms with Gasteiger partial charge in [0.2, 0.25) is 0 Å². The van der Waals surface area contributed by atoms with Crippen LogP contribution in [0.1, 0.15) is 39.5 Å². The van der Waals surface area contributed by atoms with Crippen molar-refractivity contribution in [3.8, 4) is 5.75 Å². The second-order valence-corrected chi connectivity index (χ2v) is 9.31. The molecule has 0 saturated heterocycles. The Labute approximate surface area is 189 Å². The second-order valence-electron chi connectivity index (χ2n) is 7.66. The maximum absolute atomic E-state index is 13.0. The molecule has 0 aromatic heterocycles. The number of amides is 1. The molecular formula is C25H28N2O4S. The minimum Gasteiger partial charge on any atom is -0.494 e. The van der Waals surface area contributed by atoms with Crippen LogP contribution < -0.4 is 14.8 Å². The van der Waals surface area contributed by atoms with Crippen LogP contribution in [0.3, 0.4) is 0 Å². The normalized spacial score (nSPS) is 11.1. The van der Waals surface area contributed by atoms with Crippen LogP contribution in [-0.2, 0) is 16.6 Å². The molecule has 0 aliphatic heterocycles. The largest absolute Gasteiger partial charge is 0.494 e. The molecule has 6 nitrogen and oxygen atoms in total. The molecule has 0 heterocycles. The predicted molar refractivity (Wildman–Crippen MR) is 127 cm³/mol. The summed E-state index contributed by atoms with van der Waals surface area (Å²) in [5.41, 5.74) is 4.15. The van der Waals surface area contributed by atoms with E-state index in [0.717, 1.165) is 22.4 Å². The molecule has 0 spiro atoms. The number of ether oxygens (including phenoxy) is 1. The molecule has 0 saturated carbocycles. The summed E-state index contributed by atoms with van der Waals surface area (Å²) in [6, 6.07) is 17.6. The summed E-state index contributed by atoms with van der Waals surface area (Å²) in [6.07, 6.45) is 0. The number of carbonyl (C=O) groups is 1. The maximum Gasteiger partial charge on any atom is 0.262 e. The molecule has 1 amide bonds. The van der Waals surface area contributed by atoms with E-state index in [-0.39, 0.29) is 16.4 Å². The zero-order valence-corrected chi connectivity index (χ0v) is 19.5. The van der Waals surface area contributed by atoms with Crippen LogP contribution in [-0.4, -0.2) is 20.9 Å². The van der Waals surface area contributed by atoms with Gasteiger partial charge in [-0.15, -0.1) is 0 Å². The molecule has 0 unspecified atom stereocenters. The molecule has 168 valence electrons. The summed E-state index contributed by atoms with van der Waals surface area (Å²) in [5, 5.41) is 2.83. The van der Waals surface area contributed by atoms with Crippen molar-refractivity contribution in [1.29, 1.82) is 0 Å². The molecule has 7 heteroatoms. The Hall–Kier alpha value is -3.32. The standard InChI is InChI=1S/C25H28N2O4S/c1-5-31-22-11-8-20(9-12-22)16-26-25(28)21-10-7-18(3)24(15-21)32(29,30)27-23-13-6-17(2)14-19(23)4/h6-15,27H,5,16H2,1-4H3,(H,26,28). The lowest BCUT2D eigenvalue weighted by atomic mass is 10.1. The maximum atomic E-state index is 13.0. The lowest BCUT2D eigenvalue weighted by Gasteiger charge is -2.14. The average Bonchev–Trinajstić information content (AvgIpc) is 2.75. The van der Waals surface area contributed by atoms with Crippen LogP contribution in [0, 0.1) is 20.8 Å². The first-order valence-electron chi connectivity index (χ1n) is 10.4. The van der Waals surface area contributed by atoms with Crippen LogP contribution in [0.15, 0.2) is 65.6 Å². The number of hydrogen-bond acceptors (Lipinski definition) is 4. The van der Waals surface area contributed by atoms with Gasteiger partial charge in [-0.3, -0.25) is 9.52 Å². The first kappa shape index (κ1) is 23.3. The zero-order valence-electron chi connectivity index (χ0n) is 18.7. The summed E-state index contributed by atoms with van der Waals surface area (Å²) < 4.78 is 34.1. The topological polar surface area (TPSA) is 84.5 Å². The smallest absolute Gasteiger partial charge is 0.262 e. The molecular weight excluding hydrogens is 424 g/mol. The number of benzene rings is 3. The first-order chi connectivity index (χ1) is 15.2. The Morgan fingerprint density at radius 3 is 2.28 bits per heavy atom. The monoisotopic (exact) mass is 452 g/mol. The molecule has 0 aliphatic rings. The Morgan fingerprint density at radius 1 is 0.906 bits per heavy atom. The highest BCUT2D eigenvalue weighted by Crippen LogP contribution is 2.23. The summed E-state index contributed by atoms with van der Waals surface area (Å²) in [5.74, 6) is 0.425. The quantitative estimate of drug-likeness (QED) is 0.517. The molecule has 3 aromatic carbocycles. The highest BCUT2D eigenvalue weighted by molar-refractivity contribution is 7.92. The summed E-state index contributed by atoms with van der Waals surface area (Å²) >= 11 is 0. The summed E-state index contributed by atoms with van der Waals surface area (Å²) in [4.78, 5) is 12.8. The molecule has 32 heavy (non-hydrogen) atoms. The van der Waals surface area contributed by atoms with Crippen molar-refractivity contribution in [1.82, 2.24) is 5.32 Å². The Morgan fingerprint density at radius 2 is 1.62 bits per heavy atom. The number of anilines is 1. The van der Waals surface area contributed by atoms with Crippen molar-refractivity contribution in [2.45, 2.75) is 39.1 Å². The molecule has 2 N–H and O–H groups in total. The van der Waals surface area contributed by atoms with Gasteiger partial charge in [0.25, 0.3) is 15.9 Å². The van der Waals surface area contributed by atoms with E-state index in [1.807, 2.05) is 57.2 Å². The SMILES string of the molecule is CCOc1ccc(CNC(=O)c2ccc(C)c(S(=O)(=O)Nc3ccc(C)cc3C)c2)cc1. The van der Waals surface area contributed by atoms with E-state index in [4.69, 9.17) is 4.74 Å². The van der Waals surface area contributed by atoms with Crippen LogP contribution in [0.2, 0.25) is 0 Å². The van der Waals surface area contributed by atoms with Crippen LogP contribution in [0.25, 0.3) is 0 Å². The molecule has 0 atom stereocenters. The predicted octanol–water partition coefficient (Wildman–Crippen LogP) is 4.74. The first-order valence-corrected chi connectivity index (χ1v) is 11.9. The highest BCUT2D eigenvalue weighted by Gasteiger charge is 2.20. The third-order valence-corrected chi connectivity index (χ3v) is 6.56. The second kappa shape index (κ2) is 9.87. The average molecular weight is 453 g/mol. The van der Waals surface area contributed by atoms with Crippen molar-refractivity contribution in [3.05, 3.63) is 88.5 Å². The van der Waals surface area contributed by atoms with Gasteiger partial charge >= 0.3 is 0 Å². The number of rotatable bonds is 8. The van der Waals surface area contributed by atoms with E-state index >= 15 is 0 Å². The van der Waals surface area contributed by atoms with Crippen molar-refractivity contribution >= 4 is 21.6 Å². The number of aryl methyl sites for hydroxylation is 3. The minimum atomic E-state index is -3.86. The lowest BCUT2D eigenvalue weighted by molar-refractivity contribution is 0.0950. The van der Waals surface area contributed by atoms with E-state index in [1.54, 1.807) is 25.1 Å². The number of nitrogens with one attached hydrogen (secondary N) is 2. The van der Waals surface area contributed by atoms with E-state index < -0.39 is 10.0 Å². The summed E-state index contributed by atoms with van der Waals surface area (Å²) in [7, 11) is -3.86. The van der Waals surface area contributed by atoms with Crippen LogP contribution >= 0.6 is 0 Å². The summed E-state index contributed by atoms with van der Waals surface area (Å²) in [6.45, 7) is 8.34. The fourth-order valence-electron chi connectivity index (χ4n) is 3.31. The van der Waals surface area contributed by atoms with Crippen molar-refractivity contribution < 1.29 is 17.9 Å². The molecule has 3 aromatic rings. The van der Waals surface area contributed by atoms with Gasteiger partial charge in [-0.1, -0.05) is 35.9 Å². The number of carbonyl (C=O) groups excluding carboxylic acids is 1. The van der Waals surface area contributed by atoms with E-state index in [2.05, 4.69) is 10.0 Å². The molecule has 0 aliphatic carbocycles. The van der Waals surface area contributed by atoms with Crippen molar-refractivity contribution in [2.75, 3.05) is 11.3 Å². The van der Waals surface area contributed by atoms with Gasteiger partial charge in [0.1, 0.15) is 5.75 Å². The van der Waals surface area contributed by atoms with E-state index in [0.29, 0.717) is 24.4 Å². The Balaban J connectivity index is 1.75.